The highest BCUT2D eigenvalue weighted by Crippen LogP contribution is 2.21. The third-order valence-corrected chi connectivity index (χ3v) is 6.30. The zero-order valence-corrected chi connectivity index (χ0v) is 13.9. The fourth-order valence-corrected chi connectivity index (χ4v) is 4.29. The van der Waals surface area contributed by atoms with Gasteiger partial charge in [-0.05, 0) is 31.0 Å². The number of hydrogen-bond donors (Lipinski definition) is 2. The molecule has 112 valence electrons. The average Bonchev–Trinajstić information content (AvgIpc) is 2.89. The summed E-state index contributed by atoms with van der Waals surface area (Å²) >= 11 is 5.91. The molecule has 0 unspecified atom stereocenters. The molecule has 2 aromatic rings. The maximum absolute atomic E-state index is 12.1. The van der Waals surface area contributed by atoms with Crippen molar-refractivity contribution in [2.75, 3.05) is 6.54 Å². The van der Waals surface area contributed by atoms with Crippen LogP contribution in [-0.4, -0.2) is 20.0 Å². The molecule has 0 saturated carbocycles. The molecule has 0 atom stereocenters. The van der Waals surface area contributed by atoms with Crippen molar-refractivity contribution in [1.82, 2.24) is 4.72 Å². The highest BCUT2D eigenvalue weighted by Gasteiger charge is 2.16. The van der Waals surface area contributed by atoms with Crippen LogP contribution in [0.4, 0.5) is 0 Å². The third kappa shape index (κ3) is 4.34. The quantitative estimate of drug-likeness (QED) is 0.791. The molecular formula is C14H16N2O2S3. The largest absolute Gasteiger partial charge is 0.389 e. The van der Waals surface area contributed by atoms with Gasteiger partial charge < -0.3 is 5.73 Å². The number of hydrogen-bond acceptors (Lipinski definition) is 4. The van der Waals surface area contributed by atoms with Gasteiger partial charge in [-0.15, -0.1) is 11.3 Å². The zero-order valence-electron chi connectivity index (χ0n) is 11.5. The normalized spacial score (nSPS) is 11.5. The van der Waals surface area contributed by atoms with E-state index < -0.39 is 10.0 Å². The fourth-order valence-electron chi connectivity index (χ4n) is 1.87. The van der Waals surface area contributed by atoms with Crippen molar-refractivity contribution in [3.05, 3.63) is 52.4 Å². The first-order chi connectivity index (χ1) is 9.88. The van der Waals surface area contributed by atoms with Crippen LogP contribution in [0.1, 0.15) is 16.0 Å². The minimum absolute atomic E-state index is 0.209. The molecule has 0 radical (unpaired) electrons. The Bertz CT molecular complexity index is 751. The van der Waals surface area contributed by atoms with E-state index in [2.05, 4.69) is 4.72 Å². The van der Waals surface area contributed by atoms with Crippen molar-refractivity contribution in [3.63, 3.8) is 0 Å². The van der Waals surface area contributed by atoms with E-state index in [9.17, 15) is 8.42 Å². The summed E-state index contributed by atoms with van der Waals surface area (Å²) in [6.45, 7) is 2.36. The maximum Gasteiger partial charge on any atom is 0.250 e. The lowest BCUT2D eigenvalue weighted by molar-refractivity contribution is 0.584. The van der Waals surface area contributed by atoms with E-state index in [1.165, 1.54) is 6.07 Å². The summed E-state index contributed by atoms with van der Waals surface area (Å²) in [5, 5.41) is 0. The Kier molecular flexibility index (Phi) is 5.10. The molecule has 0 aliphatic carbocycles. The van der Waals surface area contributed by atoms with Crippen molar-refractivity contribution in [2.45, 2.75) is 17.6 Å². The number of rotatable bonds is 6. The molecule has 3 N–H and O–H groups in total. The SMILES string of the molecule is Cc1cccc(CCNS(=O)(=O)c2ccc(C(N)=S)s2)c1. The zero-order chi connectivity index (χ0) is 15.5. The topological polar surface area (TPSA) is 72.2 Å². The molecule has 1 aromatic carbocycles. The van der Waals surface area contributed by atoms with Crippen LogP contribution < -0.4 is 10.5 Å². The number of nitrogens with one attached hydrogen (secondary N) is 1. The summed E-state index contributed by atoms with van der Waals surface area (Å²) in [7, 11) is -3.50. The number of thiocarbonyl (C=S) groups is 1. The van der Waals surface area contributed by atoms with Gasteiger partial charge in [0.15, 0.2) is 0 Å². The van der Waals surface area contributed by atoms with E-state index >= 15 is 0 Å². The molecule has 0 amide bonds. The molecule has 1 aromatic heterocycles. The first-order valence-corrected chi connectivity index (χ1v) is 9.04. The predicted molar refractivity (Wildman–Crippen MR) is 90.3 cm³/mol. The molecule has 0 saturated heterocycles. The predicted octanol–water partition coefficient (Wildman–Crippen LogP) is 2.21. The molecule has 21 heavy (non-hydrogen) atoms. The number of benzene rings is 1. The highest BCUT2D eigenvalue weighted by atomic mass is 32.2. The van der Waals surface area contributed by atoms with E-state index in [0.717, 1.165) is 22.5 Å². The van der Waals surface area contributed by atoms with Crippen LogP contribution in [0, 0.1) is 6.92 Å². The lowest BCUT2D eigenvalue weighted by Crippen LogP contribution is -2.25. The van der Waals surface area contributed by atoms with Crippen LogP contribution in [0.15, 0.2) is 40.6 Å². The molecule has 7 heteroatoms. The molecule has 1 heterocycles. The van der Waals surface area contributed by atoms with Crippen LogP contribution in [0.2, 0.25) is 0 Å². The van der Waals surface area contributed by atoms with Gasteiger partial charge in [0.05, 0.1) is 4.88 Å². The van der Waals surface area contributed by atoms with Gasteiger partial charge >= 0.3 is 0 Å². The summed E-state index contributed by atoms with van der Waals surface area (Å²) in [5.74, 6) is 0. The lowest BCUT2D eigenvalue weighted by atomic mass is 10.1. The van der Waals surface area contributed by atoms with Crippen molar-refractivity contribution in [2.24, 2.45) is 5.73 Å². The molecule has 0 aliphatic heterocycles. The van der Waals surface area contributed by atoms with E-state index in [1.54, 1.807) is 6.07 Å². The number of aryl methyl sites for hydroxylation is 1. The van der Waals surface area contributed by atoms with Gasteiger partial charge in [0.2, 0.25) is 10.0 Å². The minimum Gasteiger partial charge on any atom is -0.389 e. The number of sulfonamides is 1. The van der Waals surface area contributed by atoms with Gasteiger partial charge in [-0.3, -0.25) is 0 Å². The first kappa shape index (κ1) is 16.1. The lowest BCUT2D eigenvalue weighted by Gasteiger charge is -2.05. The van der Waals surface area contributed by atoms with Gasteiger partial charge in [-0.1, -0.05) is 42.0 Å². The summed E-state index contributed by atoms with van der Waals surface area (Å²) in [6.07, 6.45) is 0.647. The van der Waals surface area contributed by atoms with Gasteiger partial charge in [-0.25, -0.2) is 13.1 Å². The van der Waals surface area contributed by atoms with Crippen LogP contribution in [0.5, 0.6) is 0 Å². The fraction of sp³-hybridized carbons (Fsp3) is 0.214. The molecule has 0 spiro atoms. The Labute approximate surface area is 134 Å². The van der Waals surface area contributed by atoms with Crippen molar-refractivity contribution in [3.8, 4) is 0 Å². The molecular weight excluding hydrogens is 324 g/mol. The summed E-state index contributed by atoms with van der Waals surface area (Å²) in [5.41, 5.74) is 7.75. The monoisotopic (exact) mass is 340 g/mol. The van der Waals surface area contributed by atoms with Gasteiger partial charge in [0.1, 0.15) is 9.20 Å². The van der Waals surface area contributed by atoms with Crippen molar-refractivity contribution < 1.29 is 8.42 Å². The Hall–Kier alpha value is -1.28. The Morgan fingerprint density at radius 3 is 2.71 bits per heavy atom. The molecule has 0 bridgehead atoms. The highest BCUT2D eigenvalue weighted by molar-refractivity contribution is 7.91. The second-order valence-electron chi connectivity index (χ2n) is 4.62. The van der Waals surface area contributed by atoms with Crippen molar-refractivity contribution in [1.29, 1.82) is 0 Å². The maximum atomic E-state index is 12.1. The summed E-state index contributed by atoms with van der Waals surface area (Å²) < 4.78 is 27.1. The van der Waals surface area contributed by atoms with E-state index in [1.807, 2.05) is 31.2 Å². The van der Waals surface area contributed by atoms with Crippen LogP contribution in [0.3, 0.4) is 0 Å². The number of nitrogens with two attached hydrogens (primary N) is 1. The van der Waals surface area contributed by atoms with Gasteiger partial charge in [-0.2, -0.15) is 0 Å². The first-order valence-electron chi connectivity index (χ1n) is 6.33. The molecule has 2 rings (SSSR count). The molecule has 0 fully saturated rings. The van der Waals surface area contributed by atoms with Gasteiger partial charge in [0, 0.05) is 6.54 Å². The Balaban J connectivity index is 1.99. The molecule has 0 aliphatic rings. The molecule has 4 nitrogen and oxygen atoms in total. The summed E-state index contributed by atoms with van der Waals surface area (Å²) in [6, 6.07) is 11.2. The summed E-state index contributed by atoms with van der Waals surface area (Å²) in [4.78, 5) is 0.810. The third-order valence-electron chi connectivity index (χ3n) is 2.88. The Morgan fingerprint density at radius 1 is 1.33 bits per heavy atom. The standard InChI is InChI=1S/C14H16N2O2S3/c1-10-3-2-4-11(9-10)7-8-16-21(17,18)13-6-5-12(20-13)14(15)19/h2-6,9,16H,7-8H2,1H3,(H2,15,19). The van der Waals surface area contributed by atoms with E-state index in [-0.39, 0.29) is 9.20 Å². The smallest absolute Gasteiger partial charge is 0.250 e. The van der Waals surface area contributed by atoms with Gasteiger partial charge in [0.25, 0.3) is 0 Å². The number of thiophene rings is 1. The minimum atomic E-state index is -3.50. The van der Waals surface area contributed by atoms with Crippen LogP contribution in [0.25, 0.3) is 0 Å². The van der Waals surface area contributed by atoms with E-state index in [0.29, 0.717) is 17.8 Å². The second-order valence-corrected chi connectivity index (χ2v) is 8.14. The van der Waals surface area contributed by atoms with Crippen LogP contribution >= 0.6 is 23.6 Å². The Morgan fingerprint density at radius 2 is 2.10 bits per heavy atom. The average molecular weight is 340 g/mol. The van der Waals surface area contributed by atoms with E-state index in [4.69, 9.17) is 18.0 Å². The second kappa shape index (κ2) is 6.65. The van der Waals surface area contributed by atoms with Crippen molar-refractivity contribution >= 4 is 38.6 Å². The van der Waals surface area contributed by atoms with Crippen LogP contribution in [-0.2, 0) is 16.4 Å².